The molecule has 1 atom stereocenters. The van der Waals surface area contributed by atoms with Crippen molar-refractivity contribution in [2.45, 2.75) is 6.42 Å². The third-order valence-corrected chi connectivity index (χ3v) is 6.16. The van der Waals surface area contributed by atoms with Crippen LogP contribution < -0.4 is 14.5 Å². The highest BCUT2D eigenvalue weighted by Crippen LogP contribution is 2.29. The van der Waals surface area contributed by atoms with Crippen molar-refractivity contribution >= 4 is 23.3 Å². The molecule has 2 aliphatic rings. The highest BCUT2D eigenvalue weighted by atomic mass is 16.5. The Balaban J connectivity index is 1.21. The van der Waals surface area contributed by atoms with Gasteiger partial charge in [0.1, 0.15) is 30.0 Å². The number of hydrogen-bond acceptors (Lipinski definition) is 7. The second-order valence-corrected chi connectivity index (χ2v) is 8.12. The van der Waals surface area contributed by atoms with Gasteiger partial charge in [0.15, 0.2) is 0 Å². The van der Waals surface area contributed by atoms with Crippen molar-refractivity contribution < 1.29 is 14.3 Å². The van der Waals surface area contributed by atoms with Crippen LogP contribution in [0.5, 0.6) is 5.75 Å². The van der Waals surface area contributed by atoms with Crippen molar-refractivity contribution in [2.75, 3.05) is 49.6 Å². The van der Waals surface area contributed by atoms with Crippen molar-refractivity contribution in [3.63, 3.8) is 0 Å². The molecule has 2 amide bonds. The summed E-state index contributed by atoms with van der Waals surface area (Å²) in [4.78, 5) is 44.2. The molecule has 2 aromatic heterocycles. The van der Waals surface area contributed by atoms with Crippen LogP contribution >= 0.6 is 0 Å². The van der Waals surface area contributed by atoms with Gasteiger partial charge in [-0.05, 0) is 12.1 Å². The smallest absolute Gasteiger partial charge is 0.228 e. The molecule has 0 aliphatic carbocycles. The zero-order valence-corrected chi connectivity index (χ0v) is 18.4. The van der Waals surface area contributed by atoms with Gasteiger partial charge in [-0.25, -0.2) is 15.0 Å². The van der Waals surface area contributed by atoms with E-state index in [0.29, 0.717) is 38.5 Å². The average Bonchev–Trinajstić information content (AvgIpc) is 3.54. The Morgan fingerprint density at radius 1 is 1.09 bits per heavy atom. The van der Waals surface area contributed by atoms with Crippen LogP contribution in [0, 0.1) is 5.92 Å². The summed E-state index contributed by atoms with van der Waals surface area (Å²) >= 11 is 0. The normalized spacial score (nSPS) is 18.6. The molecular weight excluding hydrogens is 422 g/mol. The number of methoxy groups -OCH3 is 1. The number of amides is 2. The molecule has 1 unspecified atom stereocenters. The summed E-state index contributed by atoms with van der Waals surface area (Å²) in [5.74, 6) is 1.93. The first-order valence-corrected chi connectivity index (χ1v) is 10.9. The lowest BCUT2D eigenvalue weighted by molar-refractivity contribution is -0.136. The summed E-state index contributed by atoms with van der Waals surface area (Å²) in [7, 11) is 1.59. The topological polar surface area (TPSA) is 96.7 Å². The zero-order valence-electron chi connectivity index (χ0n) is 18.4. The van der Waals surface area contributed by atoms with Gasteiger partial charge in [-0.1, -0.05) is 6.07 Å². The lowest BCUT2D eigenvalue weighted by Gasteiger charge is -2.36. The molecule has 0 radical (unpaired) electrons. The number of carbonyl (C=O) groups is 2. The fourth-order valence-electron chi connectivity index (χ4n) is 4.36. The minimum atomic E-state index is -0.331. The van der Waals surface area contributed by atoms with E-state index in [1.165, 1.54) is 0 Å². The molecule has 10 nitrogen and oxygen atoms in total. The number of carbonyl (C=O) groups excluding carboxylic acids is 2. The summed E-state index contributed by atoms with van der Waals surface area (Å²) < 4.78 is 7.09. The number of imidazole rings is 1. The Morgan fingerprint density at radius 2 is 1.91 bits per heavy atom. The van der Waals surface area contributed by atoms with Crippen LogP contribution in [0.25, 0.3) is 5.82 Å². The summed E-state index contributed by atoms with van der Waals surface area (Å²) in [5, 5.41) is 0. The number of nitrogens with zero attached hydrogens (tertiary/aromatic N) is 7. The summed E-state index contributed by atoms with van der Waals surface area (Å²) in [6.45, 7) is 2.92. The van der Waals surface area contributed by atoms with Crippen molar-refractivity contribution in [1.29, 1.82) is 0 Å². The summed E-state index contributed by atoms with van der Waals surface area (Å²) in [6.07, 6.45) is 7.01. The Morgan fingerprint density at radius 3 is 2.67 bits per heavy atom. The van der Waals surface area contributed by atoms with Crippen LogP contribution in [0.2, 0.25) is 0 Å². The predicted molar refractivity (Wildman–Crippen MR) is 121 cm³/mol. The molecule has 33 heavy (non-hydrogen) atoms. The number of aromatic nitrogens is 4. The van der Waals surface area contributed by atoms with Crippen LogP contribution in [-0.2, 0) is 9.59 Å². The molecule has 4 heterocycles. The molecule has 10 heteroatoms. The molecule has 2 fully saturated rings. The quantitative estimate of drug-likeness (QED) is 0.583. The van der Waals surface area contributed by atoms with Crippen LogP contribution in [0.1, 0.15) is 6.42 Å². The standard InChI is InChI=1S/C23H25N7O3/c1-33-19-4-2-3-18(12-19)30-14-17(11-22(30)31)23(32)28-9-7-27(8-10-28)20-13-21(26-15-25-20)29-6-5-24-16-29/h2-6,12-13,15-17H,7-11,14H2,1H3. The number of anilines is 2. The molecule has 5 rings (SSSR count). The maximum absolute atomic E-state index is 13.2. The second-order valence-electron chi connectivity index (χ2n) is 8.12. The number of benzene rings is 1. The van der Waals surface area contributed by atoms with Gasteiger partial charge >= 0.3 is 0 Å². The first kappa shape index (κ1) is 20.9. The monoisotopic (exact) mass is 447 g/mol. The third kappa shape index (κ3) is 4.23. The predicted octanol–water partition coefficient (Wildman–Crippen LogP) is 1.37. The molecule has 0 spiro atoms. The fraction of sp³-hybridized carbons (Fsp3) is 0.348. The van der Waals surface area contributed by atoms with Crippen molar-refractivity contribution in [3.05, 3.63) is 55.4 Å². The summed E-state index contributed by atoms with van der Waals surface area (Å²) in [6, 6.07) is 9.29. The van der Waals surface area contributed by atoms with E-state index in [2.05, 4.69) is 19.9 Å². The molecule has 2 saturated heterocycles. The van der Waals surface area contributed by atoms with E-state index < -0.39 is 0 Å². The number of ether oxygens (including phenoxy) is 1. The highest BCUT2D eigenvalue weighted by Gasteiger charge is 2.38. The number of piperazine rings is 1. The van der Waals surface area contributed by atoms with Gasteiger partial charge < -0.3 is 19.4 Å². The van der Waals surface area contributed by atoms with Gasteiger partial charge in [0.05, 0.1) is 13.0 Å². The van der Waals surface area contributed by atoms with Crippen LogP contribution in [0.4, 0.5) is 11.5 Å². The van der Waals surface area contributed by atoms with Gasteiger partial charge in [-0.15, -0.1) is 0 Å². The third-order valence-electron chi connectivity index (χ3n) is 6.16. The largest absolute Gasteiger partial charge is 0.497 e. The highest BCUT2D eigenvalue weighted by molar-refractivity contribution is 6.00. The van der Waals surface area contributed by atoms with Crippen molar-refractivity contribution in [2.24, 2.45) is 5.92 Å². The molecule has 2 aliphatic heterocycles. The van der Waals surface area contributed by atoms with Crippen LogP contribution in [-0.4, -0.2) is 76.1 Å². The molecular formula is C23H25N7O3. The van der Waals surface area contributed by atoms with Gasteiger partial charge in [-0.3, -0.25) is 14.2 Å². The lowest BCUT2D eigenvalue weighted by atomic mass is 10.1. The van der Waals surface area contributed by atoms with E-state index in [1.807, 2.05) is 46.0 Å². The van der Waals surface area contributed by atoms with E-state index >= 15 is 0 Å². The van der Waals surface area contributed by atoms with Gasteiger partial charge in [0, 0.05) is 69.4 Å². The SMILES string of the molecule is COc1cccc(N2CC(C(=O)N3CCN(c4cc(-n5ccnc5)ncn4)CC3)CC2=O)c1. The Labute approximate surface area is 191 Å². The Kier molecular flexibility index (Phi) is 5.64. The molecule has 0 saturated carbocycles. The first-order valence-electron chi connectivity index (χ1n) is 10.9. The van der Waals surface area contributed by atoms with Gasteiger partial charge in [-0.2, -0.15) is 0 Å². The minimum absolute atomic E-state index is 0.0340. The number of rotatable bonds is 5. The average molecular weight is 447 g/mol. The lowest BCUT2D eigenvalue weighted by Crippen LogP contribution is -2.51. The van der Waals surface area contributed by atoms with E-state index in [-0.39, 0.29) is 24.2 Å². The molecule has 170 valence electrons. The van der Waals surface area contributed by atoms with E-state index in [1.54, 1.807) is 30.9 Å². The summed E-state index contributed by atoms with van der Waals surface area (Å²) in [5.41, 5.74) is 0.761. The Bertz CT molecular complexity index is 1140. The van der Waals surface area contributed by atoms with E-state index in [9.17, 15) is 9.59 Å². The molecule has 0 N–H and O–H groups in total. The maximum Gasteiger partial charge on any atom is 0.228 e. The van der Waals surface area contributed by atoms with Gasteiger partial charge in [0.25, 0.3) is 0 Å². The van der Waals surface area contributed by atoms with E-state index in [0.717, 1.165) is 17.3 Å². The van der Waals surface area contributed by atoms with E-state index in [4.69, 9.17) is 4.74 Å². The van der Waals surface area contributed by atoms with Crippen LogP contribution in [0.3, 0.4) is 0 Å². The zero-order chi connectivity index (χ0) is 22.8. The fourth-order valence-corrected chi connectivity index (χ4v) is 4.36. The molecule has 0 bridgehead atoms. The maximum atomic E-state index is 13.2. The van der Waals surface area contributed by atoms with Crippen LogP contribution in [0.15, 0.2) is 55.4 Å². The second kappa shape index (κ2) is 8.89. The van der Waals surface area contributed by atoms with Crippen molar-refractivity contribution in [3.8, 4) is 11.6 Å². The Hall–Kier alpha value is -3.95. The van der Waals surface area contributed by atoms with Gasteiger partial charge in [0.2, 0.25) is 11.8 Å². The first-order chi connectivity index (χ1) is 16.1. The molecule has 1 aromatic carbocycles. The molecule has 3 aromatic rings. The minimum Gasteiger partial charge on any atom is -0.497 e. The number of hydrogen-bond donors (Lipinski definition) is 0. The van der Waals surface area contributed by atoms with Crippen molar-refractivity contribution in [1.82, 2.24) is 24.4 Å².